The summed E-state index contributed by atoms with van der Waals surface area (Å²) in [6.07, 6.45) is 0. The van der Waals surface area contributed by atoms with Crippen molar-refractivity contribution < 1.29 is 23.8 Å². The monoisotopic (exact) mass is 214 g/mol. The van der Waals surface area contributed by atoms with E-state index in [0.29, 0.717) is 5.56 Å². The molecule has 1 N–H and O–H groups in total. The molecule has 0 aliphatic carbocycles. The van der Waals surface area contributed by atoms with E-state index in [4.69, 9.17) is 14.6 Å². The van der Waals surface area contributed by atoms with Crippen LogP contribution in [-0.4, -0.2) is 25.3 Å². The first-order valence-corrected chi connectivity index (χ1v) is 4.17. The van der Waals surface area contributed by atoms with Crippen LogP contribution >= 0.6 is 0 Å². The number of rotatable bonds is 3. The van der Waals surface area contributed by atoms with E-state index in [1.807, 2.05) is 0 Å². The van der Waals surface area contributed by atoms with Gasteiger partial charge in [-0.3, -0.25) is 0 Å². The largest absolute Gasteiger partial charge is 0.492 e. The second kappa shape index (κ2) is 4.16. The summed E-state index contributed by atoms with van der Waals surface area (Å²) in [5, 5.41) is 8.81. The number of carbonyl (C=O) groups is 1. The van der Waals surface area contributed by atoms with Crippen molar-refractivity contribution in [2.75, 3.05) is 14.2 Å². The standard InChI is InChI=1S/C10H11FO4/c1-5-6(10(12)13)4-7(11)9(15-3)8(5)14-2/h4H,1-3H3,(H,12,13). The van der Waals surface area contributed by atoms with Crippen LogP contribution in [0.25, 0.3) is 0 Å². The molecule has 0 amide bonds. The van der Waals surface area contributed by atoms with Gasteiger partial charge < -0.3 is 14.6 Å². The maximum Gasteiger partial charge on any atom is 0.336 e. The van der Waals surface area contributed by atoms with Gasteiger partial charge in [-0.15, -0.1) is 0 Å². The van der Waals surface area contributed by atoms with Gasteiger partial charge in [0.15, 0.2) is 17.3 Å². The lowest BCUT2D eigenvalue weighted by atomic mass is 10.1. The Hall–Kier alpha value is -1.78. The van der Waals surface area contributed by atoms with Crippen molar-refractivity contribution in [2.45, 2.75) is 6.92 Å². The van der Waals surface area contributed by atoms with Gasteiger partial charge in [-0.1, -0.05) is 0 Å². The predicted octanol–water partition coefficient (Wildman–Crippen LogP) is 1.85. The van der Waals surface area contributed by atoms with Gasteiger partial charge in [0.05, 0.1) is 19.8 Å². The SMILES string of the molecule is COc1c(F)cc(C(=O)O)c(C)c1OC. The Bertz CT molecular complexity index is 401. The van der Waals surface area contributed by atoms with Crippen LogP contribution in [0.5, 0.6) is 11.5 Å². The van der Waals surface area contributed by atoms with E-state index < -0.39 is 11.8 Å². The molecular weight excluding hydrogens is 203 g/mol. The zero-order valence-corrected chi connectivity index (χ0v) is 8.63. The van der Waals surface area contributed by atoms with Crippen molar-refractivity contribution in [3.05, 3.63) is 23.0 Å². The van der Waals surface area contributed by atoms with Crippen LogP contribution in [0.2, 0.25) is 0 Å². The maximum absolute atomic E-state index is 13.4. The predicted molar refractivity (Wildman–Crippen MR) is 51.2 cm³/mol. The summed E-state index contributed by atoms with van der Waals surface area (Å²) in [6, 6.07) is 0.916. The van der Waals surface area contributed by atoms with E-state index in [1.54, 1.807) is 0 Å². The van der Waals surface area contributed by atoms with E-state index >= 15 is 0 Å². The molecule has 0 saturated carbocycles. The molecule has 0 aromatic heterocycles. The average molecular weight is 214 g/mol. The highest BCUT2D eigenvalue weighted by atomic mass is 19.1. The number of carboxylic acid groups (broad SMARTS) is 1. The van der Waals surface area contributed by atoms with Crippen molar-refractivity contribution in [3.63, 3.8) is 0 Å². The third-order valence-electron chi connectivity index (χ3n) is 2.08. The summed E-state index contributed by atoms with van der Waals surface area (Å²) in [6.45, 7) is 1.53. The Morgan fingerprint density at radius 1 is 1.33 bits per heavy atom. The Labute approximate surface area is 86.2 Å². The Balaban J connectivity index is 3.51. The normalized spacial score (nSPS) is 9.87. The molecule has 1 aromatic rings. The number of hydrogen-bond acceptors (Lipinski definition) is 3. The molecule has 0 radical (unpaired) electrons. The van der Waals surface area contributed by atoms with Crippen LogP contribution in [0, 0.1) is 12.7 Å². The van der Waals surface area contributed by atoms with Crippen molar-refractivity contribution in [1.82, 2.24) is 0 Å². The maximum atomic E-state index is 13.4. The number of aromatic carboxylic acids is 1. The first-order valence-electron chi connectivity index (χ1n) is 4.17. The van der Waals surface area contributed by atoms with Crippen molar-refractivity contribution >= 4 is 5.97 Å². The highest BCUT2D eigenvalue weighted by Gasteiger charge is 2.20. The molecule has 4 nitrogen and oxygen atoms in total. The number of carboxylic acids is 1. The third-order valence-corrected chi connectivity index (χ3v) is 2.08. The second-order valence-electron chi connectivity index (χ2n) is 2.90. The lowest BCUT2D eigenvalue weighted by Crippen LogP contribution is -2.05. The minimum atomic E-state index is -1.20. The molecule has 0 heterocycles. The molecule has 1 rings (SSSR count). The Kier molecular flexibility index (Phi) is 3.14. The quantitative estimate of drug-likeness (QED) is 0.834. The van der Waals surface area contributed by atoms with Crippen LogP contribution in [-0.2, 0) is 0 Å². The molecule has 0 fully saturated rings. The van der Waals surface area contributed by atoms with E-state index in [0.717, 1.165) is 6.07 Å². The molecule has 0 bridgehead atoms. The van der Waals surface area contributed by atoms with E-state index in [2.05, 4.69) is 0 Å². The minimum absolute atomic E-state index is 0.0833. The van der Waals surface area contributed by atoms with Gasteiger partial charge in [0.1, 0.15) is 0 Å². The number of ether oxygens (including phenoxy) is 2. The summed E-state index contributed by atoms with van der Waals surface area (Å²) in [4.78, 5) is 10.8. The number of methoxy groups -OCH3 is 2. The second-order valence-corrected chi connectivity index (χ2v) is 2.90. The van der Waals surface area contributed by atoms with Crippen LogP contribution in [0.4, 0.5) is 4.39 Å². The smallest absolute Gasteiger partial charge is 0.336 e. The summed E-state index contributed by atoms with van der Waals surface area (Å²) >= 11 is 0. The van der Waals surface area contributed by atoms with Crippen LogP contribution in [0.15, 0.2) is 6.07 Å². The Morgan fingerprint density at radius 2 is 1.87 bits per heavy atom. The fourth-order valence-electron chi connectivity index (χ4n) is 1.36. The molecule has 0 aliphatic heterocycles. The number of hydrogen-bond donors (Lipinski definition) is 1. The lowest BCUT2D eigenvalue weighted by molar-refractivity contribution is 0.0695. The average Bonchev–Trinajstić information content (AvgIpc) is 2.19. The van der Waals surface area contributed by atoms with Crippen LogP contribution in [0.1, 0.15) is 15.9 Å². The molecule has 0 atom stereocenters. The first kappa shape index (κ1) is 11.3. The Morgan fingerprint density at radius 3 is 2.27 bits per heavy atom. The van der Waals surface area contributed by atoms with Crippen LogP contribution < -0.4 is 9.47 Å². The van der Waals surface area contributed by atoms with Gasteiger partial charge in [-0.25, -0.2) is 9.18 Å². The first-order chi connectivity index (χ1) is 7.02. The topological polar surface area (TPSA) is 55.8 Å². The van der Waals surface area contributed by atoms with Gasteiger partial charge in [-0.05, 0) is 13.0 Å². The molecule has 0 saturated heterocycles. The fourth-order valence-corrected chi connectivity index (χ4v) is 1.36. The lowest BCUT2D eigenvalue weighted by Gasteiger charge is -2.13. The summed E-state index contributed by atoms with van der Waals surface area (Å²) in [5.41, 5.74) is 0.202. The summed E-state index contributed by atoms with van der Waals surface area (Å²) < 4.78 is 23.1. The molecule has 5 heteroatoms. The van der Waals surface area contributed by atoms with Gasteiger partial charge in [-0.2, -0.15) is 0 Å². The van der Waals surface area contributed by atoms with Gasteiger partial charge >= 0.3 is 5.97 Å². The van der Waals surface area contributed by atoms with E-state index in [9.17, 15) is 9.18 Å². The molecule has 82 valence electrons. The van der Waals surface area contributed by atoms with Gasteiger partial charge in [0, 0.05) is 5.56 Å². The summed E-state index contributed by atoms with van der Waals surface area (Å²) in [7, 11) is 2.62. The van der Waals surface area contributed by atoms with Crippen molar-refractivity contribution in [1.29, 1.82) is 0 Å². The highest BCUT2D eigenvalue weighted by Crippen LogP contribution is 2.35. The number of benzene rings is 1. The molecule has 0 unspecified atom stereocenters. The zero-order valence-electron chi connectivity index (χ0n) is 8.63. The third kappa shape index (κ3) is 1.86. The highest BCUT2D eigenvalue weighted by molar-refractivity contribution is 5.90. The molecule has 0 spiro atoms. The summed E-state index contributed by atoms with van der Waals surface area (Å²) in [5.74, 6) is -1.93. The zero-order chi connectivity index (χ0) is 11.6. The van der Waals surface area contributed by atoms with E-state index in [-0.39, 0.29) is 17.1 Å². The minimum Gasteiger partial charge on any atom is -0.492 e. The van der Waals surface area contributed by atoms with Crippen LogP contribution in [0.3, 0.4) is 0 Å². The fraction of sp³-hybridized carbons (Fsp3) is 0.300. The molecular formula is C10H11FO4. The molecule has 1 aromatic carbocycles. The van der Waals surface area contributed by atoms with E-state index in [1.165, 1.54) is 21.1 Å². The number of halogens is 1. The van der Waals surface area contributed by atoms with Gasteiger partial charge in [0.25, 0.3) is 0 Å². The molecule has 0 aliphatic rings. The van der Waals surface area contributed by atoms with Crippen molar-refractivity contribution in [2.24, 2.45) is 0 Å². The molecule has 15 heavy (non-hydrogen) atoms. The van der Waals surface area contributed by atoms with Crippen molar-refractivity contribution in [3.8, 4) is 11.5 Å². The van der Waals surface area contributed by atoms with Gasteiger partial charge in [0.2, 0.25) is 0 Å².